The summed E-state index contributed by atoms with van der Waals surface area (Å²) in [5, 5.41) is 1.41. The number of fused-ring (bicyclic) bond motifs is 4. The fourth-order valence-electron chi connectivity index (χ4n) is 4.02. The number of carbonyl (C=O) groups excluding carboxylic acids is 1. The van der Waals surface area contributed by atoms with Crippen LogP contribution in [-0.4, -0.2) is 25.5 Å². The summed E-state index contributed by atoms with van der Waals surface area (Å²) in [6, 6.07) is 7.00. The fourth-order valence-corrected chi connectivity index (χ4v) is 5.31. The molecule has 31 heavy (non-hydrogen) atoms. The van der Waals surface area contributed by atoms with Crippen molar-refractivity contribution in [3.8, 4) is 0 Å². The molecule has 0 saturated heterocycles. The van der Waals surface area contributed by atoms with Crippen molar-refractivity contribution in [1.82, 2.24) is 19.5 Å². The zero-order chi connectivity index (χ0) is 21.4. The zero-order valence-corrected chi connectivity index (χ0v) is 17.7. The maximum atomic E-state index is 12.5. The van der Waals surface area contributed by atoms with Crippen LogP contribution in [0.2, 0.25) is 0 Å². The van der Waals surface area contributed by atoms with E-state index in [9.17, 15) is 9.59 Å². The standard InChI is InChI=1S/C22H21N5O3S/c23-20-19-14-7-2-1-3-9-16(14)31-21(19)26-17(25-20)11-30-18(28)10-27-12-24-15-8-5-4-6-13(15)22(27)29/h4-6,8,12H,1-3,7,9-11H2,(H2,23,25,26). The zero-order valence-electron chi connectivity index (χ0n) is 16.8. The number of anilines is 1. The Labute approximate surface area is 181 Å². The number of esters is 1. The number of aromatic nitrogens is 4. The molecule has 3 aromatic heterocycles. The van der Waals surface area contributed by atoms with Crippen molar-refractivity contribution in [3.05, 3.63) is 57.2 Å². The molecule has 158 valence electrons. The first-order chi connectivity index (χ1) is 15.1. The van der Waals surface area contributed by atoms with Gasteiger partial charge < -0.3 is 10.5 Å². The summed E-state index contributed by atoms with van der Waals surface area (Å²) in [6.45, 7) is -0.334. The Balaban J connectivity index is 1.32. The van der Waals surface area contributed by atoms with Crippen molar-refractivity contribution in [2.45, 2.75) is 45.3 Å². The summed E-state index contributed by atoms with van der Waals surface area (Å²) < 4.78 is 6.56. The molecule has 3 heterocycles. The highest BCUT2D eigenvalue weighted by molar-refractivity contribution is 7.19. The number of benzene rings is 1. The van der Waals surface area contributed by atoms with Crippen LogP contribution in [0.25, 0.3) is 21.1 Å². The van der Waals surface area contributed by atoms with Gasteiger partial charge in [-0.3, -0.25) is 14.2 Å². The lowest BCUT2D eigenvalue weighted by Crippen LogP contribution is -2.25. The Morgan fingerprint density at radius 1 is 1.16 bits per heavy atom. The highest BCUT2D eigenvalue weighted by Gasteiger charge is 2.19. The minimum absolute atomic E-state index is 0.0999. The van der Waals surface area contributed by atoms with Crippen LogP contribution in [-0.2, 0) is 35.5 Å². The fraction of sp³-hybridized carbons (Fsp3) is 0.318. The topological polar surface area (TPSA) is 113 Å². The van der Waals surface area contributed by atoms with E-state index in [1.807, 2.05) is 6.07 Å². The lowest BCUT2D eigenvalue weighted by atomic mass is 10.1. The second-order valence-corrected chi connectivity index (χ2v) is 8.71. The second kappa shape index (κ2) is 8.07. The van der Waals surface area contributed by atoms with E-state index in [1.54, 1.807) is 29.5 Å². The highest BCUT2D eigenvalue weighted by Crippen LogP contribution is 2.37. The quantitative estimate of drug-likeness (QED) is 0.387. The van der Waals surface area contributed by atoms with Crippen LogP contribution in [0.5, 0.6) is 0 Å². The molecule has 1 aliphatic carbocycles. The molecule has 1 aliphatic rings. The summed E-state index contributed by atoms with van der Waals surface area (Å²) in [5.41, 5.74) is 7.82. The molecule has 8 nitrogen and oxygen atoms in total. The Kier molecular flexibility index (Phi) is 5.11. The minimum atomic E-state index is -0.566. The number of hydrogen-bond acceptors (Lipinski definition) is 8. The Morgan fingerprint density at radius 3 is 2.90 bits per heavy atom. The third kappa shape index (κ3) is 3.76. The van der Waals surface area contributed by atoms with Gasteiger partial charge in [0.15, 0.2) is 12.4 Å². The Bertz CT molecular complexity index is 1360. The van der Waals surface area contributed by atoms with E-state index in [4.69, 9.17) is 10.5 Å². The Hall–Kier alpha value is -3.33. The van der Waals surface area contributed by atoms with Crippen molar-refractivity contribution >= 4 is 44.2 Å². The number of rotatable bonds is 4. The maximum absolute atomic E-state index is 12.5. The van der Waals surface area contributed by atoms with Crippen molar-refractivity contribution in [3.63, 3.8) is 0 Å². The molecule has 0 radical (unpaired) electrons. The maximum Gasteiger partial charge on any atom is 0.326 e. The molecule has 4 aromatic rings. The molecule has 0 saturated carbocycles. The predicted octanol–water partition coefficient (Wildman–Crippen LogP) is 3.00. The molecule has 9 heteroatoms. The number of nitrogens with two attached hydrogens (primary N) is 1. The molecule has 0 spiro atoms. The van der Waals surface area contributed by atoms with Gasteiger partial charge in [0.1, 0.15) is 17.2 Å². The number of thiophene rings is 1. The molecule has 1 aromatic carbocycles. The summed E-state index contributed by atoms with van der Waals surface area (Å²) in [5.74, 6) is 0.229. The first kappa shape index (κ1) is 19.6. The van der Waals surface area contributed by atoms with E-state index in [0.29, 0.717) is 22.5 Å². The molecule has 0 atom stereocenters. The number of para-hydroxylation sites is 1. The first-order valence-electron chi connectivity index (χ1n) is 10.3. The monoisotopic (exact) mass is 435 g/mol. The predicted molar refractivity (Wildman–Crippen MR) is 119 cm³/mol. The van der Waals surface area contributed by atoms with Crippen LogP contribution in [0, 0.1) is 0 Å². The highest BCUT2D eigenvalue weighted by atomic mass is 32.1. The van der Waals surface area contributed by atoms with Gasteiger partial charge in [0.2, 0.25) is 0 Å². The van der Waals surface area contributed by atoms with E-state index in [-0.39, 0.29) is 18.7 Å². The van der Waals surface area contributed by atoms with E-state index in [2.05, 4.69) is 15.0 Å². The van der Waals surface area contributed by atoms with Crippen molar-refractivity contribution in [1.29, 1.82) is 0 Å². The third-order valence-corrected chi connectivity index (χ3v) is 6.72. The number of nitrogens with zero attached hydrogens (tertiary/aromatic N) is 4. The number of aryl methyl sites for hydroxylation is 2. The lowest BCUT2D eigenvalue weighted by molar-refractivity contribution is -0.146. The number of nitrogen functional groups attached to an aromatic ring is 1. The number of carbonyl (C=O) groups is 1. The van der Waals surface area contributed by atoms with E-state index in [1.165, 1.54) is 34.2 Å². The van der Waals surface area contributed by atoms with Crippen LogP contribution in [0.1, 0.15) is 35.5 Å². The van der Waals surface area contributed by atoms with E-state index >= 15 is 0 Å². The smallest absolute Gasteiger partial charge is 0.326 e. The van der Waals surface area contributed by atoms with Crippen LogP contribution < -0.4 is 11.3 Å². The van der Waals surface area contributed by atoms with Crippen LogP contribution >= 0.6 is 11.3 Å². The Morgan fingerprint density at radius 2 is 2.00 bits per heavy atom. The van der Waals surface area contributed by atoms with Gasteiger partial charge in [0.05, 0.1) is 22.6 Å². The van der Waals surface area contributed by atoms with Crippen LogP contribution in [0.4, 0.5) is 5.82 Å². The number of hydrogen-bond donors (Lipinski definition) is 1. The van der Waals surface area contributed by atoms with Crippen molar-refractivity contribution in [2.24, 2.45) is 0 Å². The summed E-state index contributed by atoms with van der Waals surface area (Å²) in [7, 11) is 0. The van der Waals surface area contributed by atoms with Crippen molar-refractivity contribution < 1.29 is 9.53 Å². The molecule has 0 unspecified atom stereocenters. The van der Waals surface area contributed by atoms with Gasteiger partial charge in [-0.2, -0.15) is 0 Å². The van der Waals surface area contributed by atoms with E-state index in [0.717, 1.165) is 29.5 Å². The lowest BCUT2D eigenvalue weighted by Gasteiger charge is -2.08. The number of ether oxygens (including phenoxy) is 1. The van der Waals surface area contributed by atoms with Crippen molar-refractivity contribution in [2.75, 3.05) is 5.73 Å². The molecule has 2 N–H and O–H groups in total. The molecular weight excluding hydrogens is 414 g/mol. The van der Waals surface area contributed by atoms with Crippen LogP contribution in [0.15, 0.2) is 35.4 Å². The molecule has 0 amide bonds. The van der Waals surface area contributed by atoms with Gasteiger partial charge in [-0.25, -0.2) is 15.0 Å². The largest absolute Gasteiger partial charge is 0.456 e. The molecule has 0 aliphatic heterocycles. The van der Waals surface area contributed by atoms with Gasteiger partial charge in [0, 0.05) is 4.88 Å². The SMILES string of the molecule is Nc1nc(COC(=O)Cn2cnc3ccccc3c2=O)nc2sc3c(c12)CCCCC3. The summed E-state index contributed by atoms with van der Waals surface area (Å²) >= 11 is 1.66. The summed E-state index contributed by atoms with van der Waals surface area (Å²) in [6.07, 6.45) is 6.97. The molecular formula is C22H21N5O3S. The molecule has 0 bridgehead atoms. The van der Waals surface area contributed by atoms with Gasteiger partial charge >= 0.3 is 5.97 Å². The molecule has 0 fully saturated rings. The van der Waals surface area contributed by atoms with Crippen LogP contribution in [0.3, 0.4) is 0 Å². The average Bonchev–Trinajstić information content (AvgIpc) is 2.96. The van der Waals surface area contributed by atoms with Gasteiger partial charge in [-0.15, -0.1) is 11.3 Å². The summed E-state index contributed by atoms with van der Waals surface area (Å²) in [4.78, 5) is 40.2. The van der Waals surface area contributed by atoms with Gasteiger partial charge in [-0.05, 0) is 43.4 Å². The minimum Gasteiger partial charge on any atom is -0.456 e. The molecule has 5 rings (SSSR count). The van der Waals surface area contributed by atoms with E-state index < -0.39 is 5.97 Å². The normalized spacial score (nSPS) is 13.8. The second-order valence-electron chi connectivity index (χ2n) is 7.63. The van der Waals surface area contributed by atoms with Gasteiger partial charge in [-0.1, -0.05) is 18.6 Å². The average molecular weight is 436 g/mol. The third-order valence-electron chi connectivity index (χ3n) is 5.53. The van der Waals surface area contributed by atoms with Gasteiger partial charge in [0.25, 0.3) is 5.56 Å². The first-order valence-corrected chi connectivity index (χ1v) is 11.1.